The predicted octanol–water partition coefficient (Wildman–Crippen LogP) is 4.09. The van der Waals surface area contributed by atoms with Gasteiger partial charge in [0, 0.05) is 22.7 Å². The lowest BCUT2D eigenvalue weighted by molar-refractivity contribution is 0.101. The van der Waals surface area contributed by atoms with Crippen LogP contribution in [0.4, 0.5) is 5.69 Å². The van der Waals surface area contributed by atoms with Crippen molar-refractivity contribution in [3.63, 3.8) is 0 Å². The summed E-state index contributed by atoms with van der Waals surface area (Å²) in [6, 6.07) is 6.88. The van der Waals surface area contributed by atoms with Gasteiger partial charge in [0.15, 0.2) is 0 Å². The Labute approximate surface area is 130 Å². The third-order valence-electron chi connectivity index (χ3n) is 2.69. The van der Waals surface area contributed by atoms with Crippen molar-refractivity contribution in [2.45, 2.75) is 6.92 Å². The van der Waals surface area contributed by atoms with E-state index in [-0.39, 0.29) is 5.91 Å². The maximum Gasteiger partial charge on any atom is 0.272 e. The van der Waals surface area contributed by atoms with Gasteiger partial charge in [-0.3, -0.25) is 4.79 Å². The Kier molecular flexibility index (Phi) is 4.73. The van der Waals surface area contributed by atoms with Crippen LogP contribution in [-0.4, -0.2) is 17.1 Å². The summed E-state index contributed by atoms with van der Waals surface area (Å²) in [5, 5.41) is 3.36. The summed E-state index contributed by atoms with van der Waals surface area (Å²) in [5.41, 5.74) is 1.10. The molecule has 0 aliphatic carbocycles. The number of aromatic nitrogens is 1. The number of ether oxygens (including phenoxy) is 1. The molecule has 4 nitrogen and oxygen atoms in total. The van der Waals surface area contributed by atoms with Gasteiger partial charge in [0.25, 0.3) is 5.91 Å². The van der Waals surface area contributed by atoms with Gasteiger partial charge >= 0.3 is 0 Å². The van der Waals surface area contributed by atoms with Crippen molar-refractivity contribution in [2.75, 3.05) is 11.9 Å². The summed E-state index contributed by atoms with van der Waals surface area (Å²) in [6.45, 7) is 2.40. The minimum absolute atomic E-state index is 0.221. The highest BCUT2D eigenvalue weighted by Crippen LogP contribution is 2.28. The number of halogens is 2. The van der Waals surface area contributed by atoms with E-state index in [1.165, 1.54) is 0 Å². The van der Waals surface area contributed by atoms with Gasteiger partial charge in [0.1, 0.15) is 11.4 Å². The quantitative estimate of drug-likeness (QED) is 0.895. The summed E-state index contributed by atoms with van der Waals surface area (Å²) in [6.07, 6.45) is 1.82. The second-order valence-corrected chi connectivity index (χ2v) is 5.53. The Balaban J connectivity index is 2.27. The van der Waals surface area contributed by atoms with E-state index in [2.05, 4.69) is 21.2 Å². The number of hydrogen-bond acceptors (Lipinski definition) is 2. The molecule has 1 N–H and O–H groups in total. The highest BCUT2D eigenvalue weighted by molar-refractivity contribution is 9.10. The van der Waals surface area contributed by atoms with Crippen LogP contribution >= 0.6 is 27.5 Å². The molecule has 0 atom stereocenters. The average Bonchev–Trinajstić information content (AvgIpc) is 2.72. The molecule has 1 aromatic carbocycles. The highest BCUT2D eigenvalue weighted by atomic mass is 79.9. The number of carbonyl (C=O) groups excluding carboxylic acids is 1. The Hall–Kier alpha value is -1.46. The van der Waals surface area contributed by atoms with Crippen LogP contribution in [0.25, 0.3) is 0 Å². The fourth-order valence-electron chi connectivity index (χ4n) is 1.82. The largest absolute Gasteiger partial charge is 0.492 e. The van der Waals surface area contributed by atoms with Gasteiger partial charge in [0.2, 0.25) is 0 Å². The molecule has 0 unspecified atom stereocenters. The lowest BCUT2D eigenvalue weighted by Crippen LogP contribution is -2.16. The Morgan fingerprint density at radius 3 is 2.80 bits per heavy atom. The van der Waals surface area contributed by atoms with Gasteiger partial charge in [-0.2, -0.15) is 0 Å². The second-order valence-electron chi connectivity index (χ2n) is 4.18. The molecule has 2 rings (SSSR count). The van der Waals surface area contributed by atoms with Crippen molar-refractivity contribution < 1.29 is 9.53 Å². The highest BCUT2D eigenvalue weighted by Gasteiger charge is 2.14. The zero-order valence-corrected chi connectivity index (χ0v) is 13.5. The summed E-state index contributed by atoms with van der Waals surface area (Å²) < 4.78 is 8.06. The van der Waals surface area contributed by atoms with E-state index in [9.17, 15) is 4.79 Å². The molecule has 106 valence electrons. The van der Waals surface area contributed by atoms with E-state index in [4.69, 9.17) is 16.3 Å². The monoisotopic (exact) mass is 356 g/mol. The molecule has 0 saturated heterocycles. The van der Waals surface area contributed by atoms with Gasteiger partial charge in [-0.25, -0.2) is 0 Å². The Bertz CT molecular complexity index is 640. The van der Waals surface area contributed by atoms with Gasteiger partial charge in [-0.05, 0) is 47.1 Å². The number of rotatable bonds is 4. The van der Waals surface area contributed by atoms with Crippen molar-refractivity contribution in [1.29, 1.82) is 0 Å². The van der Waals surface area contributed by atoms with E-state index in [1.54, 1.807) is 35.9 Å². The van der Waals surface area contributed by atoms with E-state index in [1.807, 2.05) is 13.1 Å². The maximum atomic E-state index is 12.3. The minimum atomic E-state index is -0.221. The van der Waals surface area contributed by atoms with Crippen molar-refractivity contribution in [1.82, 2.24) is 4.57 Å². The van der Waals surface area contributed by atoms with Crippen LogP contribution in [-0.2, 0) is 7.05 Å². The molecule has 0 radical (unpaired) electrons. The number of hydrogen-bond donors (Lipinski definition) is 1. The predicted molar refractivity (Wildman–Crippen MR) is 83.7 cm³/mol. The van der Waals surface area contributed by atoms with Crippen LogP contribution < -0.4 is 10.1 Å². The first-order valence-electron chi connectivity index (χ1n) is 6.07. The molecule has 1 amide bonds. The van der Waals surface area contributed by atoms with Gasteiger partial charge in [-0.1, -0.05) is 11.6 Å². The zero-order chi connectivity index (χ0) is 14.7. The lowest BCUT2D eigenvalue weighted by Gasteiger charge is -2.12. The molecule has 2 aromatic rings. The van der Waals surface area contributed by atoms with Crippen molar-refractivity contribution in [3.05, 3.63) is 45.7 Å². The summed E-state index contributed by atoms with van der Waals surface area (Å²) in [7, 11) is 1.81. The lowest BCUT2D eigenvalue weighted by atomic mass is 10.2. The fraction of sp³-hybridized carbons (Fsp3) is 0.214. The van der Waals surface area contributed by atoms with E-state index >= 15 is 0 Å². The Morgan fingerprint density at radius 2 is 2.20 bits per heavy atom. The molecule has 0 fully saturated rings. The third kappa shape index (κ3) is 3.35. The van der Waals surface area contributed by atoms with Crippen LogP contribution in [0.1, 0.15) is 17.4 Å². The molecule has 0 bridgehead atoms. The molecule has 0 aliphatic rings. The average molecular weight is 358 g/mol. The molecule has 0 aliphatic heterocycles. The standard InChI is InChI=1S/C14H14BrClN2O2/c1-3-20-13-5-4-10(16)7-11(13)17-14(19)12-6-9(15)8-18(12)2/h4-8H,3H2,1-2H3,(H,17,19). The van der Waals surface area contributed by atoms with Crippen LogP contribution in [0.2, 0.25) is 5.02 Å². The van der Waals surface area contributed by atoms with Crippen LogP contribution in [0.5, 0.6) is 5.75 Å². The van der Waals surface area contributed by atoms with Crippen molar-refractivity contribution in [3.8, 4) is 5.75 Å². The molecular weight excluding hydrogens is 344 g/mol. The second kappa shape index (κ2) is 6.33. The SMILES string of the molecule is CCOc1ccc(Cl)cc1NC(=O)c1cc(Br)cn1C. The normalized spacial score (nSPS) is 10.4. The van der Waals surface area contributed by atoms with E-state index in [0.717, 1.165) is 4.47 Å². The third-order valence-corrected chi connectivity index (χ3v) is 3.36. The first-order chi connectivity index (χ1) is 9.51. The van der Waals surface area contributed by atoms with Crippen LogP contribution in [0, 0.1) is 0 Å². The molecule has 20 heavy (non-hydrogen) atoms. The molecular formula is C14H14BrClN2O2. The first-order valence-corrected chi connectivity index (χ1v) is 7.24. The molecule has 1 aromatic heterocycles. The first kappa shape index (κ1) is 14.9. The molecule has 1 heterocycles. The number of aryl methyl sites for hydroxylation is 1. The van der Waals surface area contributed by atoms with Crippen LogP contribution in [0.15, 0.2) is 34.9 Å². The summed E-state index contributed by atoms with van der Waals surface area (Å²) >= 11 is 9.30. The van der Waals surface area contributed by atoms with Gasteiger partial charge in [0.05, 0.1) is 12.3 Å². The number of amides is 1. The number of benzene rings is 1. The Morgan fingerprint density at radius 1 is 1.45 bits per heavy atom. The van der Waals surface area contributed by atoms with Gasteiger partial charge < -0.3 is 14.6 Å². The number of nitrogens with zero attached hydrogens (tertiary/aromatic N) is 1. The van der Waals surface area contributed by atoms with Crippen molar-refractivity contribution >= 4 is 39.1 Å². The van der Waals surface area contributed by atoms with E-state index < -0.39 is 0 Å². The topological polar surface area (TPSA) is 43.3 Å². The summed E-state index contributed by atoms with van der Waals surface area (Å²) in [4.78, 5) is 12.3. The summed E-state index contributed by atoms with van der Waals surface area (Å²) in [5.74, 6) is 0.375. The maximum absolute atomic E-state index is 12.3. The zero-order valence-electron chi connectivity index (χ0n) is 11.1. The minimum Gasteiger partial charge on any atom is -0.492 e. The van der Waals surface area contributed by atoms with Crippen LogP contribution in [0.3, 0.4) is 0 Å². The van der Waals surface area contributed by atoms with Gasteiger partial charge in [-0.15, -0.1) is 0 Å². The molecule has 6 heteroatoms. The fourth-order valence-corrected chi connectivity index (χ4v) is 2.51. The smallest absolute Gasteiger partial charge is 0.272 e. The van der Waals surface area contributed by atoms with E-state index in [0.29, 0.717) is 28.8 Å². The van der Waals surface area contributed by atoms with Crippen molar-refractivity contribution in [2.24, 2.45) is 7.05 Å². The number of anilines is 1. The molecule has 0 spiro atoms. The number of carbonyl (C=O) groups is 1. The number of nitrogens with one attached hydrogen (secondary N) is 1. The molecule has 0 saturated carbocycles.